The minimum atomic E-state index is 0.319. The number of benzene rings is 5. The molecule has 0 bridgehead atoms. The predicted octanol–water partition coefficient (Wildman–Crippen LogP) is 9.16. The number of aryl methyl sites for hydroxylation is 2. The van der Waals surface area contributed by atoms with Crippen LogP contribution in [-0.4, -0.2) is 0 Å². The van der Waals surface area contributed by atoms with E-state index in [1.807, 2.05) is 0 Å². The molecule has 0 saturated carbocycles. The summed E-state index contributed by atoms with van der Waals surface area (Å²) < 4.78 is 1.24. The molecular weight excluding hydrogens is 464 g/mol. The largest absolute Gasteiger partial charge is 0.0622 e. The molecule has 0 aliphatic heterocycles. The second-order valence-corrected chi connectivity index (χ2v) is 10.00. The van der Waals surface area contributed by atoms with Crippen molar-refractivity contribution in [3.05, 3.63) is 141 Å². The Bertz CT molecular complexity index is 1460. The Labute approximate surface area is 204 Å². The highest BCUT2D eigenvalue weighted by Gasteiger charge is 2.44. The zero-order chi connectivity index (χ0) is 22.5. The third-order valence-corrected chi connectivity index (χ3v) is 7.97. The molecule has 5 aromatic carbocycles. The zero-order valence-corrected chi connectivity index (χ0v) is 20.4. The first-order valence-electron chi connectivity index (χ1n) is 11.6. The van der Waals surface area contributed by atoms with Crippen molar-refractivity contribution in [1.82, 2.24) is 0 Å². The molecule has 1 aliphatic rings. The Morgan fingerprint density at radius 1 is 0.515 bits per heavy atom. The van der Waals surface area contributed by atoms with E-state index < -0.39 is 0 Å². The van der Waals surface area contributed by atoms with Crippen molar-refractivity contribution in [1.29, 1.82) is 0 Å². The maximum absolute atomic E-state index is 4.05. The number of hydrogen-bond acceptors (Lipinski definition) is 0. The van der Waals surface area contributed by atoms with Crippen molar-refractivity contribution in [2.75, 3.05) is 0 Å². The molecule has 0 saturated heterocycles. The maximum atomic E-state index is 4.05. The molecule has 0 heterocycles. The Morgan fingerprint density at radius 3 is 1.58 bits per heavy atom. The molecule has 0 nitrogen and oxygen atoms in total. The zero-order valence-electron chi connectivity index (χ0n) is 18.8. The van der Waals surface area contributed by atoms with Gasteiger partial charge in [0.25, 0.3) is 0 Å². The normalized spacial score (nSPS) is 16.9. The summed E-state index contributed by atoms with van der Waals surface area (Å²) in [5.41, 5.74) is 10.9. The monoisotopic (exact) mass is 488 g/mol. The molecule has 5 aromatic rings. The molecule has 2 atom stereocenters. The van der Waals surface area contributed by atoms with E-state index in [0.717, 1.165) is 0 Å². The molecule has 0 radical (unpaired) electrons. The van der Waals surface area contributed by atoms with E-state index in [2.05, 4.69) is 133 Å². The second-order valence-electron chi connectivity index (χ2n) is 9.20. The van der Waals surface area contributed by atoms with E-state index in [0.29, 0.717) is 11.8 Å². The highest BCUT2D eigenvalue weighted by Crippen LogP contribution is 2.61. The molecule has 0 spiro atoms. The molecule has 0 aromatic heterocycles. The fraction of sp³-hybridized carbons (Fsp3) is 0.125. The van der Waals surface area contributed by atoms with Gasteiger partial charge in [-0.2, -0.15) is 0 Å². The Morgan fingerprint density at radius 2 is 1.00 bits per heavy atom. The van der Waals surface area contributed by atoms with E-state index in [1.54, 1.807) is 0 Å². The summed E-state index contributed by atoms with van der Waals surface area (Å²) in [4.78, 5) is 0. The standard InChI is InChI=1S/C32H25Br/c1-20-12-16-23(17-13-20)28-29(24-18-14-21(2)15-19-24)31-30(28)27(22-8-4-3-5-9-22)25-10-6-7-11-26(25)32(31)33/h3-19,28-29H,1-2H3/t28-,29-/m0/s1. The Hall–Kier alpha value is -3.16. The number of fused-ring (bicyclic) bond motifs is 2. The number of hydrogen-bond donors (Lipinski definition) is 0. The maximum Gasteiger partial charge on any atom is 0.0295 e. The predicted molar refractivity (Wildman–Crippen MR) is 143 cm³/mol. The number of rotatable bonds is 3. The average molecular weight is 489 g/mol. The van der Waals surface area contributed by atoms with Gasteiger partial charge in [-0.15, -0.1) is 0 Å². The summed E-state index contributed by atoms with van der Waals surface area (Å²) in [6, 6.07) is 38.0. The first-order chi connectivity index (χ1) is 16.1. The van der Waals surface area contributed by atoms with Crippen molar-refractivity contribution in [2.45, 2.75) is 25.7 Å². The van der Waals surface area contributed by atoms with Gasteiger partial charge in [0, 0.05) is 16.3 Å². The van der Waals surface area contributed by atoms with E-state index in [-0.39, 0.29) is 0 Å². The topological polar surface area (TPSA) is 0 Å². The molecule has 160 valence electrons. The van der Waals surface area contributed by atoms with Gasteiger partial charge < -0.3 is 0 Å². The van der Waals surface area contributed by atoms with Crippen LogP contribution in [0.2, 0.25) is 0 Å². The van der Waals surface area contributed by atoms with Gasteiger partial charge in [-0.05, 0) is 73.9 Å². The molecule has 6 rings (SSSR count). The fourth-order valence-corrected chi connectivity index (χ4v) is 6.29. The van der Waals surface area contributed by atoms with Crippen LogP contribution >= 0.6 is 15.9 Å². The Balaban J connectivity index is 1.70. The van der Waals surface area contributed by atoms with Gasteiger partial charge >= 0.3 is 0 Å². The summed E-state index contributed by atoms with van der Waals surface area (Å²) in [6.45, 7) is 4.32. The van der Waals surface area contributed by atoms with Crippen molar-refractivity contribution >= 4 is 26.7 Å². The molecule has 0 unspecified atom stereocenters. The van der Waals surface area contributed by atoms with Crippen LogP contribution < -0.4 is 0 Å². The van der Waals surface area contributed by atoms with Crippen molar-refractivity contribution < 1.29 is 0 Å². The van der Waals surface area contributed by atoms with Crippen LogP contribution in [0.25, 0.3) is 21.9 Å². The van der Waals surface area contributed by atoms with Gasteiger partial charge in [-0.25, -0.2) is 0 Å². The highest BCUT2D eigenvalue weighted by atomic mass is 79.9. The van der Waals surface area contributed by atoms with Gasteiger partial charge in [0.2, 0.25) is 0 Å². The third kappa shape index (κ3) is 3.26. The summed E-state index contributed by atoms with van der Waals surface area (Å²) in [5, 5.41) is 2.60. The lowest BCUT2D eigenvalue weighted by atomic mass is 9.59. The van der Waals surface area contributed by atoms with Crippen LogP contribution in [-0.2, 0) is 0 Å². The smallest absolute Gasteiger partial charge is 0.0295 e. The quantitative estimate of drug-likeness (QED) is 0.237. The molecular formula is C32H25Br. The molecule has 0 fully saturated rings. The van der Waals surface area contributed by atoms with Gasteiger partial charge in [-0.1, -0.05) is 114 Å². The summed E-state index contributed by atoms with van der Waals surface area (Å²) in [6.07, 6.45) is 0. The van der Waals surface area contributed by atoms with E-state index in [1.165, 1.54) is 59.8 Å². The fourth-order valence-electron chi connectivity index (χ4n) is 5.48. The van der Waals surface area contributed by atoms with E-state index in [9.17, 15) is 0 Å². The van der Waals surface area contributed by atoms with Crippen LogP contribution in [0.15, 0.2) is 108 Å². The van der Waals surface area contributed by atoms with Gasteiger partial charge in [0.15, 0.2) is 0 Å². The highest BCUT2D eigenvalue weighted by molar-refractivity contribution is 9.10. The summed E-state index contributed by atoms with van der Waals surface area (Å²) in [7, 11) is 0. The minimum Gasteiger partial charge on any atom is -0.0622 e. The lowest BCUT2D eigenvalue weighted by molar-refractivity contribution is 0.607. The van der Waals surface area contributed by atoms with Gasteiger partial charge in [-0.3, -0.25) is 0 Å². The summed E-state index contributed by atoms with van der Waals surface area (Å²) in [5.74, 6) is 0.643. The summed E-state index contributed by atoms with van der Waals surface area (Å²) >= 11 is 4.05. The minimum absolute atomic E-state index is 0.319. The third-order valence-electron chi connectivity index (χ3n) is 7.12. The van der Waals surface area contributed by atoms with Crippen LogP contribution in [0.4, 0.5) is 0 Å². The van der Waals surface area contributed by atoms with Gasteiger partial charge in [0.05, 0.1) is 0 Å². The average Bonchev–Trinajstić information content (AvgIpc) is 2.84. The van der Waals surface area contributed by atoms with Crippen LogP contribution in [0.1, 0.15) is 45.2 Å². The molecule has 0 N–H and O–H groups in total. The lowest BCUT2D eigenvalue weighted by Gasteiger charge is -2.44. The molecule has 0 amide bonds. The molecule has 33 heavy (non-hydrogen) atoms. The molecule has 1 aliphatic carbocycles. The second kappa shape index (κ2) is 8.01. The van der Waals surface area contributed by atoms with Crippen molar-refractivity contribution in [2.24, 2.45) is 0 Å². The van der Waals surface area contributed by atoms with E-state index >= 15 is 0 Å². The van der Waals surface area contributed by atoms with E-state index in [4.69, 9.17) is 0 Å². The van der Waals surface area contributed by atoms with Crippen LogP contribution in [0, 0.1) is 13.8 Å². The van der Waals surface area contributed by atoms with Crippen molar-refractivity contribution in [3.63, 3.8) is 0 Å². The van der Waals surface area contributed by atoms with Crippen molar-refractivity contribution in [3.8, 4) is 11.1 Å². The van der Waals surface area contributed by atoms with Crippen LogP contribution in [0.3, 0.4) is 0 Å². The first kappa shape index (κ1) is 20.4. The molecule has 1 heteroatoms. The first-order valence-corrected chi connectivity index (χ1v) is 12.4. The number of halogens is 1. The van der Waals surface area contributed by atoms with Crippen LogP contribution in [0.5, 0.6) is 0 Å². The van der Waals surface area contributed by atoms with Gasteiger partial charge in [0.1, 0.15) is 0 Å². The Kier molecular flexibility index (Phi) is 4.96. The SMILES string of the molecule is Cc1ccc([C@@H]2c3c(c(-c4ccccc4)c4ccccc4c3Br)[C@H]2c2ccc(C)cc2)cc1. The lowest BCUT2D eigenvalue weighted by Crippen LogP contribution is -2.28.